The van der Waals surface area contributed by atoms with Crippen LogP contribution in [-0.4, -0.2) is 11.1 Å². The summed E-state index contributed by atoms with van der Waals surface area (Å²) >= 11 is 0. The Morgan fingerprint density at radius 1 is 0.895 bits per heavy atom. The number of carbonyl (C=O) groups is 1. The summed E-state index contributed by atoms with van der Waals surface area (Å²) in [7, 11) is 0. The summed E-state index contributed by atoms with van der Waals surface area (Å²) in [6.07, 6.45) is 16.2. The average molecular weight is 268 g/mol. The van der Waals surface area contributed by atoms with Crippen LogP contribution in [0.15, 0.2) is 0 Å². The maximum Gasteiger partial charge on any atom is 0.303 e. The Kier molecular flexibility index (Phi) is 8.94. The van der Waals surface area contributed by atoms with Crippen molar-refractivity contribution >= 4 is 5.97 Å². The van der Waals surface area contributed by atoms with E-state index in [1.807, 2.05) is 0 Å². The number of carboxylic acids is 1. The van der Waals surface area contributed by atoms with Gasteiger partial charge in [0.2, 0.25) is 0 Å². The van der Waals surface area contributed by atoms with Crippen LogP contribution in [0.5, 0.6) is 0 Å². The fourth-order valence-corrected chi connectivity index (χ4v) is 3.06. The quantitative estimate of drug-likeness (QED) is 0.453. The van der Waals surface area contributed by atoms with Gasteiger partial charge in [0.05, 0.1) is 0 Å². The second-order valence-electron chi connectivity index (χ2n) is 6.31. The number of hydrogen-bond donors (Lipinski definition) is 1. The maximum absolute atomic E-state index is 10.3. The number of unbranched alkanes of at least 4 members (excludes halogenated alkanes) is 7. The first-order chi connectivity index (χ1) is 9.24. The molecule has 0 spiro atoms. The minimum atomic E-state index is -0.649. The molecule has 0 aliphatic heterocycles. The van der Waals surface area contributed by atoms with E-state index in [0.717, 1.165) is 24.7 Å². The lowest BCUT2D eigenvalue weighted by Gasteiger charge is -2.02. The highest BCUT2D eigenvalue weighted by Crippen LogP contribution is 2.45. The molecule has 112 valence electrons. The van der Waals surface area contributed by atoms with Crippen LogP contribution in [0, 0.1) is 11.8 Å². The molecule has 1 aliphatic carbocycles. The predicted molar refractivity (Wildman–Crippen MR) is 80.3 cm³/mol. The van der Waals surface area contributed by atoms with E-state index >= 15 is 0 Å². The third-order valence-electron chi connectivity index (χ3n) is 4.46. The predicted octanol–water partition coefficient (Wildman–Crippen LogP) is 5.41. The standard InChI is InChI=1S/C17H32O2/c1-2-3-4-8-11-15-14-16(15)12-9-6-5-7-10-13-17(18)19/h15-16H,2-14H2,1H3,(H,18,19)/t15?,16-/m1/s1. The molecular formula is C17H32O2. The van der Waals surface area contributed by atoms with Crippen LogP contribution in [-0.2, 0) is 4.79 Å². The van der Waals surface area contributed by atoms with Gasteiger partial charge in [0.1, 0.15) is 0 Å². The summed E-state index contributed by atoms with van der Waals surface area (Å²) in [6.45, 7) is 2.27. The molecule has 1 N–H and O–H groups in total. The fourth-order valence-electron chi connectivity index (χ4n) is 3.06. The molecule has 1 saturated carbocycles. The third-order valence-corrected chi connectivity index (χ3v) is 4.46. The monoisotopic (exact) mass is 268 g/mol. The molecule has 1 rings (SSSR count). The van der Waals surface area contributed by atoms with Gasteiger partial charge in [-0.2, -0.15) is 0 Å². The molecule has 1 unspecified atom stereocenters. The summed E-state index contributed by atoms with van der Waals surface area (Å²) in [5, 5.41) is 8.53. The molecule has 0 heterocycles. The molecule has 0 saturated heterocycles. The molecule has 1 aliphatic rings. The van der Waals surface area contributed by atoms with Gasteiger partial charge >= 0.3 is 5.97 Å². The highest BCUT2D eigenvalue weighted by molar-refractivity contribution is 5.66. The van der Waals surface area contributed by atoms with Crippen LogP contribution in [0.3, 0.4) is 0 Å². The minimum absolute atomic E-state index is 0.350. The highest BCUT2D eigenvalue weighted by Gasteiger charge is 2.34. The summed E-state index contributed by atoms with van der Waals surface area (Å²) in [5.74, 6) is 1.45. The first kappa shape index (κ1) is 16.5. The van der Waals surface area contributed by atoms with Crippen LogP contribution in [0.25, 0.3) is 0 Å². The molecule has 0 bridgehead atoms. The van der Waals surface area contributed by atoms with E-state index in [4.69, 9.17) is 5.11 Å². The summed E-state index contributed by atoms with van der Waals surface area (Å²) in [6, 6.07) is 0. The zero-order chi connectivity index (χ0) is 13.9. The van der Waals surface area contributed by atoms with E-state index in [9.17, 15) is 4.79 Å². The van der Waals surface area contributed by atoms with E-state index in [1.165, 1.54) is 64.2 Å². The third kappa shape index (κ3) is 9.07. The van der Waals surface area contributed by atoms with E-state index in [2.05, 4.69) is 6.92 Å². The lowest BCUT2D eigenvalue weighted by molar-refractivity contribution is -0.137. The van der Waals surface area contributed by atoms with Gasteiger partial charge in [-0.1, -0.05) is 71.1 Å². The van der Waals surface area contributed by atoms with E-state index in [1.54, 1.807) is 0 Å². The van der Waals surface area contributed by atoms with Crippen molar-refractivity contribution < 1.29 is 9.90 Å². The van der Waals surface area contributed by atoms with Crippen LogP contribution in [0.1, 0.15) is 90.4 Å². The van der Waals surface area contributed by atoms with Gasteiger partial charge in [-0.3, -0.25) is 4.79 Å². The Hall–Kier alpha value is -0.530. The van der Waals surface area contributed by atoms with Gasteiger partial charge in [-0.15, -0.1) is 0 Å². The molecule has 19 heavy (non-hydrogen) atoms. The zero-order valence-electron chi connectivity index (χ0n) is 12.7. The number of hydrogen-bond acceptors (Lipinski definition) is 1. The summed E-state index contributed by atoms with van der Waals surface area (Å²) in [5.41, 5.74) is 0. The van der Waals surface area contributed by atoms with Crippen molar-refractivity contribution in [2.75, 3.05) is 0 Å². The zero-order valence-corrected chi connectivity index (χ0v) is 12.7. The van der Waals surface area contributed by atoms with Crippen molar-refractivity contribution in [3.8, 4) is 0 Å². The van der Waals surface area contributed by atoms with Crippen LogP contribution in [0.4, 0.5) is 0 Å². The van der Waals surface area contributed by atoms with Gasteiger partial charge in [-0.05, 0) is 24.7 Å². The molecule has 2 heteroatoms. The van der Waals surface area contributed by atoms with Crippen molar-refractivity contribution in [2.45, 2.75) is 90.4 Å². The second-order valence-corrected chi connectivity index (χ2v) is 6.31. The van der Waals surface area contributed by atoms with Gasteiger partial charge < -0.3 is 5.11 Å². The Morgan fingerprint density at radius 2 is 1.42 bits per heavy atom. The van der Waals surface area contributed by atoms with Crippen LogP contribution >= 0.6 is 0 Å². The summed E-state index contributed by atoms with van der Waals surface area (Å²) in [4.78, 5) is 10.3. The van der Waals surface area contributed by atoms with E-state index in [-0.39, 0.29) is 0 Å². The normalized spacial score (nSPS) is 21.5. The van der Waals surface area contributed by atoms with Gasteiger partial charge in [-0.25, -0.2) is 0 Å². The van der Waals surface area contributed by atoms with Gasteiger partial charge in [0.15, 0.2) is 0 Å². The Balaban J connectivity index is 1.78. The van der Waals surface area contributed by atoms with Crippen molar-refractivity contribution in [2.24, 2.45) is 11.8 Å². The maximum atomic E-state index is 10.3. The lowest BCUT2D eigenvalue weighted by Crippen LogP contribution is -1.93. The average Bonchev–Trinajstić information content (AvgIpc) is 3.12. The molecule has 2 nitrogen and oxygen atoms in total. The van der Waals surface area contributed by atoms with Crippen molar-refractivity contribution in [1.82, 2.24) is 0 Å². The number of rotatable bonds is 13. The second kappa shape index (κ2) is 10.3. The first-order valence-corrected chi connectivity index (χ1v) is 8.45. The van der Waals surface area contributed by atoms with Crippen LogP contribution < -0.4 is 0 Å². The molecule has 0 amide bonds. The van der Waals surface area contributed by atoms with Crippen molar-refractivity contribution in [3.63, 3.8) is 0 Å². The molecule has 0 aromatic heterocycles. The summed E-state index contributed by atoms with van der Waals surface area (Å²) < 4.78 is 0. The number of aliphatic carboxylic acids is 1. The topological polar surface area (TPSA) is 37.3 Å². The lowest BCUT2D eigenvalue weighted by atomic mass is 10.0. The molecule has 0 aromatic rings. The first-order valence-electron chi connectivity index (χ1n) is 8.45. The van der Waals surface area contributed by atoms with Crippen molar-refractivity contribution in [1.29, 1.82) is 0 Å². The van der Waals surface area contributed by atoms with Crippen molar-refractivity contribution in [3.05, 3.63) is 0 Å². The van der Waals surface area contributed by atoms with Crippen LogP contribution in [0.2, 0.25) is 0 Å². The Morgan fingerprint density at radius 3 is 2.00 bits per heavy atom. The van der Waals surface area contributed by atoms with Gasteiger partial charge in [0, 0.05) is 6.42 Å². The molecular weight excluding hydrogens is 236 g/mol. The number of carboxylic acid groups (broad SMARTS) is 1. The largest absolute Gasteiger partial charge is 0.481 e. The molecule has 2 atom stereocenters. The smallest absolute Gasteiger partial charge is 0.303 e. The molecule has 0 radical (unpaired) electrons. The van der Waals surface area contributed by atoms with E-state index < -0.39 is 5.97 Å². The van der Waals surface area contributed by atoms with Gasteiger partial charge in [0.25, 0.3) is 0 Å². The SMILES string of the molecule is CCCCCCC1C[C@H]1CCCCCCCC(=O)O. The van der Waals surface area contributed by atoms with E-state index in [0.29, 0.717) is 6.42 Å². The Bertz CT molecular complexity index is 237. The highest BCUT2D eigenvalue weighted by atomic mass is 16.4. The minimum Gasteiger partial charge on any atom is -0.481 e. The Labute approximate surface area is 119 Å². The fraction of sp³-hybridized carbons (Fsp3) is 0.941. The molecule has 1 fully saturated rings. The molecule has 0 aromatic carbocycles.